The lowest BCUT2D eigenvalue weighted by Gasteiger charge is -2.32. The van der Waals surface area contributed by atoms with Crippen LogP contribution in [-0.2, 0) is 13.6 Å². The number of pyridine rings is 2. The summed E-state index contributed by atoms with van der Waals surface area (Å²) in [5.74, 6) is 2.13. The Kier molecular flexibility index (Phi) is 5.16. The van der Waals surface area contributed by atoms with Gasteiger partial charge < -0.3 is 5.32 Å². The number of likely N-dealkylation sites (tertiary alicyclic amines) is 1. The largest absolute Gasteiger partial charge is 0.325 e. The molecule has 1 unspecified atom stereocenters. The number of aromatic nitrogens is 4. The van der Waals surface area contributed by atoms with Gasteiger partial charge in [0, 0.05) is 49.7 Å². The summed E-state index contributed by atoms with van der Waals surface area (Å²) in [7, 11) is 1.99. The monoisotopic (exact) mass is 362 g/mol. The third-order valence-corrected chi connectivity index (χ3v) is 5.12. The lowest BCUT2D eigenvalue weighted by molar-refractivity contribution is 0.198. The minimum Gasteiger partial charge on any atom is -0.325 e. The molecule has 140 valence electrons. The fraction of sp³-hybridized carbons (Fsp3) is 0.381. The van der Waals surface area contributed by atoms with E-state index in [0.29, 0.717) is 5.92 Å². The molecule has 0 aliphatic carbocycles. The molecule has 1 atom stereocenters. The van der Waals surface area contributed by atoms with Gasteiger partial charge >= 0.3 is 0 Å². The Bertz CT molecular complexity index is 889. The first-order valence-electron chi connectivity index (χ1n) is 9.54. The van der Waals surface area contributed by atoms with Crippen molar-refractivity contribution >= 4 is 11.6 Å². The Labute approximate surface area is 160 Å². The van der Waals surface area contributed by atoms with E-state index in [0.717, 1.165) is 42.7 Å². The highest BCUT2D eigenvalue weighted by Gasteiger charge is 2.23. The van der Waals surface area contributed by atoms with Gasteiger partial charge in [0.05, 0.1) is 5.69 Å². The molecular weight excluding hydrogens is 336 g/mol. The fourth-order valence-corrected chi connectivity index (χ4v) is 3.80. The van der Waals surface area contributed by atoms with E-state index in [-0.39, 0.29) is 0 Å². The van der Waals surface area contributed by atoms with Crippen LogP contribution in [0.4, 0.5) is 11.6 Å². The molecule has 0 radical (unpaired) electrons. The van der Waals surface area contributed by atoms with Crippen LogP contribution in [0.1, 0.15) is 35.7 Å². The average Bonchev–Trinajstić information content (AvgIpc) is 3.00. The van der Waals surface area contributed by atoms with Crippen LogP contribution in [-0.4, -0.2) is 37.7 Å². The zero-order valence-electron chi connectivity index (χ0n) is 16.0. The van der Waals surface area contributed by atoms with Gasteiger partial charge in [0.1, 0.15) is 11.6 Å². The number of nitrogens with one attached hydrogen (secondary N) is 1. The lowest BCUT2D eigenvalue weighted by Crippen LogP contribution is -2.34. The summed E-state index contributed by atoms with van der Waals surface area (Å²) in [4.78, 5) is 11.7. The van der Waals surface area contributed by atoms with E-state index in [9.17, 15) is 0 Å². The molecule has 1 fully saturated rings. The maximum atomic E-state index is 4.86. The summed E-state index contributed by atoms with van der Waals surface area (Å²) >= 11 is 0. The van der Waals surface area contributed by atoms with E-state index in [1.165, 1.54) is 18.4 Å². The lowest BCUT2D eigenvalue weighted by atomic mass is 9.94. The van der Waals surface area contributed by atoms with Crippen molar-refractivity contribution in [3.05, 3.63) is 65.7 Å². The molecule has 1 N–H and O–H groups in total. The number of hydrogen-bond donors (Lipinski definition) is 1. The molecule has 0 saturated carbocycles. The van der Waals surface area contributed by atoms with Crippen LogP contribution in [0.5, 0.6) is 0 Å². The first-order valence-corrected chi connectivity index (χ1v) is 9.54. The number of hydrogen-bond acceptors (Lipinski definition) is 5. The summed E-state index contributed by atoms with van der Waals surface area (Å²) in [6, 6.07) is 12.1. The van der Waals surface area contributed by atoms with E-state index in [4.69, 9.17) is 4.98 Å². The molecule has 6 heteroatoms. The topological polar surface area (TPSA) is 58.9 Å². The van der Waals surface area contributed by atoms with Crippen molar-refractivity contribution in [1.29, 1.82) is 0 Å². The highest BCUT2D eigenvalue weighted by Crippen LogP contribution is 2.28. The quantitative estimate of drug-likeness (QED) is 0.751. The molecule has 1 saturated heterocycles. The van der Waals surface area contributed by atoms with Gasteiger partial charge in [-0.15, -0.1) is 0 Å². The van der Waals surface area contributed by atoms with Crippen LogP contribution in [0, 0.1) is 6.92 Å². The first kappa shape index (κ1) is 17.7. The molecule has 27 heavy (non-hydrogen) atoms. The Morgan fingerprint density at radius 1 is 1.15 bits per heavy atom. The molecule has 1 aliphatic rings. The van der Waals surface area contributed by atoms with Gasteiger partial charge in [0.15, 0.2) is 0 Å². The van der Waals surface area contributed by atoms with Crippen molar-refractivity contribution in [3.8, 4) is 0 Å². The molecule has 0 bridgehead atoms. The average molecular weight is 362 g/mol. The molecule has 3 aromatic heterocycles. The molecule has 4 rings (SSSR count). The molecule has 0 amide bonds. The van der Waals surface area contributed by atoms with Crippen LogP contribution in [0.15, 0.2) is 48.8 Å². The number of piperidine rings is 1. The van der Waals surface area contributed by atoms with Crippen LogP contribution in [0.2, 0.25) is 0 Å². The zero-order chi connectivity index (χ0) is 18.6. The number of anilines is 2. The smallest absolute Gasteiger partial charge is 0.131 e. The van der Waals surface area contributed by atoms with Crippen molar-refractivity contribution < 1.29 is 0 Å². The zero-order valence-corrected chi connectivity index (χ0v) is 16.0. The van der Waals surface area contributed by atoms with Crippen molar-refractivity contribution in [2.75, 3.05) is 18.4 Å². The summed E-state index contributed by atoms with van der Waals surface area (Å²) in [5, 5.41) is 7.77. The highest BCUT2D eigenvalue weighted by molar-refractivity contribution is 5.51. The second-order valence-corrected chi connectivity index (χ2v) is 7.28. The van der Waals surface area contributed by atoms with Gasteiger partial charge in [-0.25, -0.2) is 9.97 Å². The number of rotatable bonds is 5. The third kappa shape index (κ3) is 4.34. The van der Waals surface area contributed by atoms with Crippen molar-refractivity contribution in [2.24, 2.45) is 7.05 Å². The van der Waals surface area contributed by atoms with Gasteiger partial charge in [0.2, 0.25) is 0 Å². The summed E-state index contributed by atoms with van der Waals surface area (Å²) in [6.45, 7) is 5.22. The Hall–Kier alpha value is -2.73. The first-order chi connectivity index (χ1) is 13.2. The number of nitrogens with zero attached hydrogens (tertiary/aromatic N) is 5. The third-order valence-electron chi connectivity index (χ3n) is 5.12. The Morgan fingerprint density at radius 3 is 2.81 bits per heavy atom. The van der Waals surface area contributed by atoms with Crippen LogP contribution in [0.3, 0.4) is 0 Å². The van der Waals surface area contributed by atoms with Gasteiger partial charge in [-0.1, -0.05) is 12.1 Å². The maximum Gasteiger partial charge on any atom is 0.131 e. The van der Waals surface area contributed by atoms with E-state index < -0.39 is 0 Å². The highest BCUT2D eigenvalue weighted by atomic mass is 15.3. The predicted molar refractivity (Wildman–Crippen MR) is 107 cm³/mol. The second-order valence-electron chi connectivity index (χ2n) is 7.28. The molecule has 1 aliphatic heterocycles. The second kappa shape index (κ2) is 7.88. The van der Waals surface area contributed by atoms with Crippen LogP contribution in [0.25, 0.3) is 0 Å². The van der Waals surface area contributed by atoms with Gasteiger partial charge in [-0.05, 0) is 50.6 Å². The van der Waals surface area contributed by atoms with Gasteiger partial charge in [-0.3, -0.25) is 9.58 Å². The molecule has 4 heterocycles. The van der Waals surface area contributed by atoms with Crippen molar-refractivity contribution in [2.45, 2.75) is 32.2 Å². The maximum absolute atomic E-state index is 4.86. The fourth-order valence-electron chi connectivity index (χ4n) is 3.80. The standard InChI is InChI=1S/C21H26N6/c1-16-18(13-26(2)25-16)15-27-12-6-7-17(14-27)19-8-5-10-21(23-19)24-20-9-3-4-11-22-20/h3-5,8-11,13,17H,6-7,12,14-15H2,1-2H3,(H,22,23,24). The molecule has 0 aromatic carbocycles. The van der Waals surface area contributed by atoms with E-state index >= 15 is 0 Å². The molecule has 3 aromatic rings. The summed E-state index contributed by atoms with van der Waals surface area (Å²) in [6.07, 6.45) is 6.30. The number of aryl methyl sites for hydroxylation is 2. The Morgan fingerprint density at radius 2 is 2.04 bits per heavy atom. The van der Waals surface area contributed by atoms with E-state index in [2.05, 4.69) is 45.6 Å². The minimum absolute atomic E-state index is 0.459. The normalized spacial score (nSPS) is 17.8. The predicted octanol–water partition coefficient (Wildman–Crippen LogP) is 3.64. The van der Waals surface area contributed by atoms with E-state index in [1.807, 2.05) is 36.0 Å². The molecule has 6 nitrogen and oxygen atoms in total. The SMILES string of the molecule is Cc1nn(C)cc1CN1CCCC(c2cccc(Nc3ccccn3)n2)C1. The van der Waals surface area contributed by atoms with Gasteiger partial charge in [-0.2, -0.15) is 5.10 Å². The molecule has 0 spiro atoms. The van der Waals surface area contributed by atoms with Crippen molar-refractivity contribution in [1.82, 2.24) is 24.6 Å². The van der Waals surface area contributed by atoms with Crippen LogP contribution < -0.4 is 5.32 Å². The van der Waals surface area contributed by atoms with Crippen molar-refractivity contribution in [3.63, 3.8) is 0 Å². The summed E-state index contributed by atoms with van der Waals surface area (Å²) in [5.41, 5.74) is 3.60. The van der Waals surface area contributed by atoms with Gasteiger partial charge in [0.25, 0.3) is 0 Å². The van der Waals surface area contributed by atoms with Crippen LogP contribution >= 0.6 is 0 Å². The van der Waals surface area contributed by atoms with E-state index in [1.54, 1.807) is 6.20 Å². The summed E-state index contributed by atoms with van der Waals surface area (Å²) < 4.78 is 1.90. The molecular formula is C21H26N6. The Balaban J connectivity index is 1.45. The minimum atomic E-state index is 0.459.